The Morgan fingerprint density at radius 2 is 1.73 bits per heavy atom. The van der Waals surface area contributed by atoms with Crippen molar-refractivity contribution in [2.24, 2.45) is 5.92 Å². The van der Waals surface area contributed by atoms with Gasteiger partial charge in [-0.3, -0.25) is 4.79 Å². The molecule has 0 aliphatic rings. The number of amides is 1. The van der Waals surface area contributed by atoms with Gasteiger partial charge in [-0.1, -0.05) is 13.8 Å². The molecule has 0 heterocycles. The molecular weight excluding hydrogens is 190 g/mol. The highest BCUT2D eigenvalue weighted by atomic mass is 16.5. The van der Waals surface area contributed by atoms with Crippen LogP contribution >= 0.6 is 0 Å². The zero-order chi connectivity index (χ0) is 12.2. The van der Waals surface area contributed by atoms with Crippen LogP contribution in [0.25, 0.3) is 0 Å². The summed E-state index contributed by atoms with van der Waals surface area (Å²) in [6.07, 6.45) is 0.101. The first-order valence-corrected chi connectivity index (χ1v) is 5.57. The van der Waals surface area contributed by atoms with Crippen LogP contribution < -0.4 is 0 Å². The monoisotopic (exact) mass is 215 g/mol. The summed E-state index contributed by atoms with van der Waals surface area (Å²) in [6, 6.07) is 0. The van der Waals surface area contributed by atoms with Crippen molar-refractivity contribution in [1.29, 1.82) is 0 Å². The maximum absolute atomic E-state index is 11.8. The van der Waals surface area contributed by atoms with E-state index in [9.17, 15) is 4.79 Å². The van der Waals surface area contributed by atoms with Gasteiger partial charge < -0.3 is 9.64 Å². The van der Waals surface area contributed by atoms with Crippen LogP contribution in [0, 0.1) is 5.92 Å². The molecule has 1 amide bonds. The van der Waals surface area contributed by atoms with Crippen molar-refractivity contribution in [3.63, 3.8) is 0 Å². The molecule has 0 aliphatic heterocycles. The highest BCUT2D eigenvalue weighted by molar-refractivity contribution is 5.78. The predicted molar refractivity (Wildman–Crippen MR) is 62.8 cm³/mol. The molecule has 0 N–H and O–H groups in total. The number of carbonyl (C=O) groups is 1. The van der Waals surface area contributed by atoms with Crippen LogP contribution in [0.2, 0.25) is 0 Å². The minimum Gasteiger partial charge on any atom is -0.369 e. The fraction of sp³-hybridized carbons (Fsp3) is 0.917. The summed E-state index contributed by atoms with van der Waals surface area (Å²) in [7, 11) is 1.84. The lowest BCUT2D eigenvalue weighted by atomic mass is 9.89. The molecule has 0 bridgehead atoms. The van der Waals surface area contributed by atoms with Crippen molar-refractivity contribution >= 4 is 5.91 Å². The molecule has 0 fully saturated rings. The van der Waals surface area contributed by atoms with E-state index in [1.54, 1.807) is 4.90 Å². The third-order valence-electron chi connectivity index (χ3n) is 3.19. The standard InChI is InChI=1S/C12H25NO2/c1-9(2)12(5,6)13(7)11(14)8-15-10(3)4/h9-10H,8H2,1-7H3. The largest absolute Gasteiger partial charge is 0.369 e. The highest BCUT2D eigenvalue weighted by Crippen LogP contribution is 2.22. The lowest BCUT2D eigenvalue weighted by Gasteiger charge is -2.39. The third kappa shape index (κ3) is 4.20. The first kappa shape index (κ1) is 14.4. The molecule has 0 aliphatic carbocycles. The van der Waals surface area contributed by atoms with E-state index >= 15 is 0 Å². The van der Waals surface area contributed by atoms with Crippen LogP contribution in [0.15, 0.2) is 0 Å². The minimum atomic E-state index is -0.128. The van der Waals surface area contributed by atoms with E-state index in [4.69, 9.17) is 4.74 Å². The van der Waals surface area contributed by atoms with Crippen LogP contribution in [0.5, 0.6) is 0 Å². The summed E-state index contributed by atoms with van der Waals surface area (Å²) < 4.78 is 5.31. The average molecular weight is 215 g/mol. The van der Waals surface area contributed by atoms with E-state index < -0.39 is 0 Å². The number of carbonyl (C=O) groups excluding carboxylic acids is 1. The molecule has 0 radical (unpaired) electrons. The second kappa shape index (κ2) is 5.50. The van der Waals surface area contributed by atoms with Crippen LogP contribution in [-0.2, 0) is 9.53 Å². The fourth-order valence-corrected chi connectivity index (χ4v) is 1.04. The first-order valence-electron chi connectivity index (χ1n) is 5.57. The molecule has 90 valence electrons. The zero-order valence-corrected chi connectivity index (χ0v) is 11.1. The number of ether oxygens (including phenoxy) is 1. The molecule has 0 aromatic heterocycles. The van der Waals surface area contributed by atoms with Gasteiger partial charge in [0.15, 0.2) is 0 Å². The Balaban J connectivity index is 4.31. The summed E-state index contributed by atoms with van der Waals surface area (Å²) in [4.78, 5) is 13.6. The summed E-state index contributed by atoms with van der Waals surface area (Å²) in [5.41, 5.74) is -0.128. The highest BCUT2D eigenvalue weighted by Gasteiger charge is 2.30. The Bertz CT molecular complexity index is 210. The molecule has 3 nitrogen and oxygen atoms in total. The van der Waals surface area contributed by atoms with E-state index in [0.29, 0.717) is 5.92 Å². The molecule has 3 heteroatoms. The predicted octanol–water partition coefficient (Wildman–Crippen LogP) is 2.30. The molecule has 0 saturated heterocycles. The summed E-state index contributed by atoms with van der Waals surface area (Å²) in [5, 5.41) is 0. The molecule has 0 saturated carbocycles. The molecule has 0 rings (SSSR count). The quantitative estimate of drug-likeness (QED) is 0.704. The van der Waals surface area contributed by atoms with Crippen LogP contribution in [0.3, 0.4) is 0 Å². The SMILES string of the molecule is CC(C)OCC(=O)N(C)C(C)(C)C(C)C. The molecule has 0 aromatic rings. The van der Waals surface area contributed by atoms with Crippen molar-refractivity contribution < 1.29 is 9.53 Å². The molecule has 0 aromatic carbocycles. The van der Waals surface area contributed by atoms with Crippen molar-refractivity contribution in [1.82, 2.24) is 4.90 Å². The first-order chi connectivity index (χ1) is 6.69. The normalized spacial score (nSPS) is 12.3. The second-order valence-electron chi connectivity index (χ2n) is 5.12. The van der Waals surface area contributed by atoms with Crippen LogP contribution in [0.1, 0.15) is 41.5 Å². The van der Waals surface area contributed by atoms with Gasteiger partial charge >= 0.3 is 0 Å². The maximum atomic E-state index is 11.8. The molecule has 15 heavy (non-hydrogen) atoms. The van der Waals surface area contributed by atoms with Crippen molar-refractivity contribution in [3.05, 3.63) is 0 Å². The summed E-state index contributed by atoms with van der Waals surface area (Å²) >= 11 is 0. The maximum Gasteiger partial charge on any atom is 0.248 e. The van der Waals surface area contributed by atoms with Gasteiger partial charge in [-0.15, -0.1) is 0 Å². The van der Waals surface area contributed by atoms with E-state index in [1.807, 2.05) is 20.9 Å². The minimum absolute atomic E-state index is 0.0439. The number of nitrogens with zero attached hydrogens (tertiary/aromatic N) is 1. The fourth-order valence-electron chi connectivity index (χ4n) is 1.04. The van der Waals surface area contributed by atoms with Gasteiger partial charge in [-0.2, -0.15) is 0 Å². The van der Waals surface area contributed by atoms with Gasteiger partial charge in [0.25, 0.3) is 0 Å². The lowest BCUT2D eigenvalue weighted by Crippen LogP contribution is -2.50. The topological polar surface area (TPSA) is 29.5 Å². The summed E-state index contributed by atoms with van der Waals surface area (Å²) in [6.45, 7) is 12.4. The Kier molecular flexibility index (Phi) is 5.29. The molecule has 0 atom stereocenters. The van der Waals surface area contributed by atoms with Crippen molar-refractivity contribution in [2.75, 3.05) is 13.7 Å². The number of likely N-dealkylation sites (N-methyl/N-ethyl adjacent to an activating group) is 1. The van der Waals surface area contributed by atoms with Gasteiger partial charge in [0, 0.05) is 12.6 Å². The van der Waals surface area contributed by atoms with Crippen molar-refractivity contribution in [3.8, 4) is 0 Å². The van der Waals surface area contributed by atoms with Crippen LogP contribution in [-0.4, -0.2) is 36.1 Å². The number of hydrogen-bond donors (Lipinski definition) is 0. The van der Waals surface area contributed by atoms with Crippen LogP contribution in [0.4, 0.5) is 0 Å². The van der Waals surface area contributed by atoms with Gasteiger partial charge in [0.1, 0.15) is 6.61 Å². The zero-order valence-electron chi connectivity index (χ0n) is 11.1. The van der Waals surface area contributed by atoms with E-state index in [-0.39, 0.29) is 24.2 Å². The Labute approximate surface area is 93.8 Å². The number of rotatable bonds is 5. The van der Waals surface area contributed by atoms with Gasteiger partial charge in [0.05, 0.1) is 6.10 Å². The molecule has 0 unspecified atom stereocenters. The van der Waals surface area contributed by atoms with Gasteiger partial charge in [-0.25, -0.2) is 0 Å². The Hall–Kier alpha value is -0.570. The van der Waals surface area contributed by atoms with E-state index in [2.05, 4.69) is 27.7 Å². The van der Waals surface area contributed by atoms with Gasteiger partial charge in [-0.05, 0) is 33.6 Å². The molecular formula is C12H25NO2. The van der Waals surface area contributed by atoms with E-state index in [0.717, 1.165) is 0 Å². The lowest BCUT2D eigenvalue weighted by molar-refractivity contribution is -0.142. The third-order valence-corrected chi connectivity index (χ3v) is 3.19. The Morgan fingerprint density at radius 1 is 1.27 bits per heavy atom. The summed E-state index contributed by atoms with van der Waals surface area (Å²) in [5.74, 6) is 0.466. The van der Waals surface area contributed by atoms with E-state index in [1.165, 1.54) is 0 Å². The Morgan fingerprint density at radius 3 is 2.07 bits per heavy atom. The van der Waals surface area contributed by atoms with Gasteiger partial charge in [0.2, 0.25) is 5.91 Å². The smallest absolute Gasteiger partial charge is 0.248 e. The molecule has 0 spiro atoms. The average Bonchev–Trinajstić information content (AvgIpc) is 2.12. The second-order valence-corrected chi connectivity index (χ2v) is 5.12. The number of hydrogen-bond acceptors (Lipinski definition) is 2. The van der Waals surface area contributed by atoms with Crippen molar-refractivity contribution in [2.45, 2.75) is 53.2 Å².